The number of aromatic nitrogens is 2. The number of nitrogens with one attached hydrogen (secondary N) is 2. The molecular formula is C48H57N5O8S. The normalized spacial score (nSPS) is 15.5. The van der Waals surface area contributed by atoms with E-state index in [9.17, 15) is 19.5 Å². The number of nitrogens with zero attached hydrogens (tertiary/aromatic N) is 3. The molecular weight excluding hydrogens is 807 g/mol. The van der Waals surface area contributed by atoms with Crippen molar-refractivity contribution in [2.45, 2.75) is 71.7 Å². The second kappa shape index (κ2) is 21.9. The van der Waals surface area contributed by atoms with Crippen molar-refractivity contribution in [3.63, 3.8) is 0 Å². The summed E-state index contributed by atoms with van der Waals surface area (Å²) in [7, 11) is 1.65. The van der Waals surface area contributed by atoms with Crippen LogP contribution >= 0.6 is 11.3 Å². The molecule has 62 heavy (non-hydrogen) atoms. The molecule has 3 aromatic carbocycles. The minimum absolute atomic E-state index is 0.00524. The Morgan fingerprint density at radius 1 is 0.871 bits per heavy atom. The average Bonchev–Trinajstić information content (AvgIpc) is 3.89. The fourth-order valence-corrected chi connectivity index (χ4v) is 8.09. The molecule has 328 valence electrons. The molecule has 3 N–H and O–H groups in total. The van der Waals surface area contributed by atoms with Crippen LogP contribution in [0, 0.1) is 12.3 Å². The largest absolute Gasteiger partial charge is 0.497 e. The Morgan fingerprint density at radius 3 is 2.31 bits per heavy atom. The van der Waals surface area contributed by atoms with Crippen LogP contribution in [0.15, 0.2) is 96.6 Å². The molecule has 0 unspecified atom stereocenters. The highest BCUT2D eigenvalue weighted by Crippen LogP contribution is 2.30. The van der Waals surface area contributed by atoms with Gasteiger partial charge < -0.3 is 39.6 Å². The molecule has 0 spiro atoms. The predicted molar refractivity (Wildman–Crippen MR) is 239 cm³/mol. The molecule has 13 nitrogen and oxygen atoms in total. The van der Waals surface area contributed by atoms with E-state index in [1.54, 1.807) is 24.8 Å². The Labute approximate surface area is 367 Å². The van der Waals surface area contributed by atoms with Crippen LogP contribution in [0.2, 0.25) is 0 Å². The number of hydrogen-bond acceptors (Lipinski definition) is 11. The van der Waals surface area contributed by atoms with Gasteiger partial charge in [0.2, 0.25) is 17.7 Å². The lowest BCUT2D eigenvalue weighted by Crippen LogP contribution is -2.57. The van der Waals surface area contributed by atoms with Gasteiger partial charge in [0.25, 0.3) is 0 Å². The lowest BCUT2D eigenvalue weighted by atomic mass is 9.85. The Morgan fingerprint density at radius 2 is 1.60 bits per heavy atom. The second-order valence-corrected chi connectivity index (χ2v) is 17.3. The highest BCUT2D eigenvalue weighted by molar-refractivity contribution is 7.13. The molecule has 1 aliphatic rings. The molecule has 1 saturated heterocycles. The van der Waals surface area contributed by atoms with Crippen LogP contribution in [0.4, 0.5) is 0 Å². The maximum Gasteiger partial charge on any atom is 0.246 e. The molecule has 3 atom stereocenters. The summed E-state index contributed by atoms with van der Waals surface area (Å²) in [6, 6.07) is 25.9. The third-order valence-electron chi connectivity index (χ3n) is 10.6. The van der Waals surface area contributed by atoms with Crippen LogP contribution in [0.5, 0.6) is 11.5 Å². The Hall–Kier alpha value is -5.67. The zero-order valence-corrected chi connectivity index (χ0v) is 36.9. The Kier molecular flexibility index (Phi) is 16.2. The van der Waals surface area contributed by atoms with Crippen molar-refractivity contribution in [3.05, 3.63) is 119 Å². The van der Waals surface area contributed by atoms with Crippen LogP contribution in [-0.4, -0.2) is 103 Å². The van der Waals surface area contributed by atoms with E-state index >= 15 is 0 Å². The smallest absolute Gasteiger partial charge is 0.246 e. The summed E-state index contributed by atoms with van der Waals surface area (Å²) in [6.07, 6.45) is 1.54. The summed E-state index contributed by atoms with van der Waals surface area (Å²) < 4.78 is 22.5. The molecule has 2 aromatic heterocycles. The number of ether oxygens (including phenoxy) is 4. The number of rotatable bonds is 20. The second-order valence-electron chi connectivity index (χ2n) is 16.4. The third kappa shape index (κ3) is 12.9. The maximum atomic E-state index is 14.0. The van der Waals surface area contributed by atoms with E-state index in [1.807, 2.05) is 99.6 Å². The van der Waals surface area contributed by atoms with Crippen molar-refractivity contribution >= 4 is 29.1 Å². The number of β-amino-alcohol motifs (C(OH)–C–C–N with tert-alkyl or cyclic N) is 1. The number of thiophene rings is 1. The lowest BCUT2D eigenvalue weighted by Gasteiger charge is -2.35. The molecule has 14 heteroatoms. The number of aliphatic hydroxyl groups is 1. The minimum Gasteiger partial charge on any atom is -0.497 e. The highest BCUT2D eigenvalue weighted by Gasteiger charge is 2.44. The van der Waals surface area contributed by atoms with E-state index in [-0.39, 0.29) is 51.0 Å². The van der Waals surface area contributed by atoms with Crippen molar-refractivity contribution in [3.8, 4) is 33.2 Å². The van der Waals surface area contributed by atoms with Crippen molar-refractivity contribution < 1.29 is 38.4 Å². The van der Waals surface area contributed by atoms with Gasteiger partial charge >= 0.3 is 0 Å². The standard InChI is InChI=1S/C48H57N5O8S/c1-32-18-24-62-44(32)35-13-9-34(10-14-35)29-49-46(56)42-28-38(54)30-53(42)47(57)45(48(2,3)4)52-43(55)17-19-59-20-21-60-22-23-61-40-8-6-7-36(26-40)41-27-37(50-31-51-41)25-33-11-15-39(58-5)16-12-33/h6-16,18,24,26-27,31,38,42,45,54H,17,19-23,25,28-30H2,1-5H3,(H,49,56)(H,52,55)/t38-,42+,45-/m1/s1. The first-order valence-corrected chi connectivity index (χ1v) is 21.8. The van der Waals surface area contributed by atoms with Gasteiger partial charge in [-0.05, 0) is 76.4 Å². The van der Waals surface area contributed by atoms with E-state index in [1.165, 1.54) is 15.3 Å². The van der Waals surface area contributed by atoms with E-state index in [4.69, 9.17) is 18.9 Å². The third-order valence-corrected chi connectivity index (χ3v) is 11.6. The van der Waals surface area contributed by atoms with Gasteiger partial charge in [0, 0.05) is 48.5 Å². The quantitative estimate of drug-likeness (QED) is 0.0749. The molecule has 0 radical (unpaired) electrons. The maximum absolute atomic E-state index is 14.0. The predicted octanol–water partition coefficient (Wildman–Crippen LogP) is 6.39. The molecule has 5 aromatic rings. The summed E-state index contributed by atoms with van der Waals surface area (Å²) >= 11 is 1.69. The molecule has 0 aliphatic carbocycles. The molecule has 3 amide bonds. The molecule has 6 rings (SSSR count). The molecule has 3 heterocycles. The number of carbonyl (C=O) groups excluding carboxylic acids is 3. The van der Waals surface area contributed by atoms with Gasteiger partial charge in [-0.3, -0.25) is 14.4 Å². The number of hydrogen-bond donors (Lipinski definition) is 3. The number of carbonyl (C=O) groups is 3. The fourth-order valence-electron chi connectivity index (χ4n) is 7.16. The summed E-state index contributed by atoms with van der Waals surface area (Å²) in [5, 5.41) is 18.4. The number of amides is 3. The molecule has 0 bridgehead atoms. The van der Waals surface area contributed by atoms with Crippen molar-refractivity contribution in [1.82, 2.24) is 25.5 Å². The van der Waals surface area contributed by atoms with Gasteiger partial charge in [-0.25, -0.2) is 9.97 Å². The Balaban J connectivity index is 0.884. The van der Waals surface area contributed by atoms with Gasteiger partial charge in [0.1, 0.15) is 36.5 Å². The summed E-state index contributed by atoms with van der Waals surface area (Å²) in [5.74, 6) is 0.388. The van der Waals surface area contributed by atoms with E-state index < -0.39 is 29.5 Å². The van der Waals surface area contributed by atoms with Crippen LogP contribution in [-0.2, 0) is 36.8 Å². The molecule has 0 saturated carbocycles. The first-order chi connectivity index (χ1) is 29.9. The van der Waals surface area contributed by atoms with Gasteiger partial charge in [-0.1, -0.05) is 69.3 Å². The lowest BCUT2D eigenvalue weighted by molar-refractivity contribution is -0.144. The van der Waals surface area contributed by atoms with E-state index in [2.05, 4.69) is 39.0 Å². The van der Waals surface area contributed by atoms with Crippen LogP contribution in [0.1, 0.15) is 56.0 Å². The SMILES string of the molecule is COc1ccc(Cc2cc(-c3cccc(OCCOCCOCCC(=O)N[C@H](C(=O)N4C[C@H](O)C[C@H]4C(=O)NCc4ccc(-c5sccc5C)cc4)C(C)(C)C)c3)ncn2)cc1. The zero-order valence-electron chi connectivity index (χ0n) is 36.1. The van der Waals surface area contributed by atoms with Gasteiger partial charge in [-0.2, -0.15) is 0 Å². The summed E-state index contributed by atoms with van der Waals surface area (Å²) in [4.78, 5) is 51.9. The topological polar surface area (TPSA) is 161 Å². The average molecular weight is 864 g/mol. The summed E-state index contributed by atoms with van der Waals surface area (Å²) in [6.45, 7) is 9.33. The fraction of sp³-hybridized carbons (Fsp3) is 0.396. The van der Waals surface area contributed by atoms with Gasteiger partial charge in [0.05, 0.1) is 45.3 Å². The zero-order chi connectivity index (χ0) is 44.1. The van der Waals surface area contributed by atoms with Crippen LogP contribution in [0.3, 0.4) is 0 Å². The van der Waals surface area contributed by atoms with E-state index in [0.29, 0.717) is 32.0 Å². The van der Waals surface area contributed by atoms with Crippen molar-refractivity contribution in [2.24, 2.45) is 5.41 Å². The number of aryl methyl sites for hydroxylation is 1. The van der Waals surface area contributed by atoms with Crippen LogP contribution < -0.4 is 20.1 Å². The van der Waals surface area contributed by atoms with Crippen molar-refractivity contribution in [2.75, 3.05) is 46.7 Å². The monoisotopic (exact) mass is 863 g/mol. The number of aliphatic hydroxyl groups excluding tert-OH is 1. The first kappa shape index (κ1) is 45.8. The molecule has 1 fully saturated rings. The van der Waals surface area contributed by atoms with Crippen molar-refractivity contribution in [1.29, 1.82) is 0 Å². The highest BCUT2D eigenvalue weighted by atomic mass is 32.1. The van der Waals surface area contributed by atoms with E-state index in [0.717, 1.165) is 39.4 Å². The summed E-state index contributed by atoms with van der Waals surface area (Å²) in [5.41, 5.74) is 6.33. The number of methoxy groups -OCH3 is 1. The van der Waals surface area contributed by atoms with Gasteiger partial charge in [-0.15, -0.1) is 11.3 Å². The van der Waals surface area contributed by atoms with Gasteiger partial charge in [0.15, 0.2) is 0 Å². The Bertz CT molecular complexity index is 2240. The first-order valence-electron chi connectivity index (χ1n) is 20.9. The number of benzene rings is 3. The molecule has 1 aliphatic heterocycles. The number of likely N-dealkylation sites (tertiary alicyclic amines) is 1. The minimum atomic E-state index is -0.920. The van der Waals surface area contributed by atoms with Crippen LogP contribution in [0.25, 0.3) is 21.7 Å².